The first-order valence-electron chi connectivity index (χ1n) is 7.76. The highest BCUT2D eigenvalue weighted by Gasteiger charge is 2.28. The Hall–Kier alpha value is -1.10. The van der Waals surface area contributed by atoms with E-state index in [2.05, 4.69) is 4.90 Å². The number of carbonyl (C=O) groups is 2. The summed E-state index contributed by atoms with van der Waals surface area (Å²) in [7, 11) is 1.92. The van der Waals surface area contributed by atoms with Crippen molar-refractivity contribution in [2.45, 2.75) is 51.0 Å². The number of aliphatic carboxylic acids is 1. The maximum absolute atomic E-state index is 12.3. The molecule has 1 saturated heterocycles. The topological polar surface area (TPSA) is 60.9 Å². The third-order valence-electron chi connectivity index (χ3n) is 4.71. The molecule has 0 aromatic rings. The van der Waals surface area contributed by atoms with Gasteiger partial charge in [0, 0.05) is 26.1 Å². The molecule has 5 heteroatoms. The van der Waals surface area contributed by atoms with E-state index in [1.165, 1.54) is 19.3 Å². The lowest BCUT2D eigenvalue weighted by Crippen LogP contribution is -2.43. The summed E-state index contributed by atoms with van der Waals surface area (Å²) in [5.74, 6) is -0.337. The van der Waals surface area contributed by atoms with Crippen LogP contribution in [0.1, 0.15) is 44.9 Å². The van der Waals surface area contributed by atoms with E-state index in [4.69, 9.17) is 5.11 Å². The Morgan fingerprint density at radius 2 is 1.90 bits per heavy atom. The van der Waals surface area contributed by atoms with Crippen molar-refractivity contribution < 1.29 is 14.7 Å². The van der Waals surface area contributed by atoms with Crippen molar-refractivity contribution in [1.82, 2.24) is 9.80 Å². The number of hydrogen-bond acceptors (Lipinski definition) is 3. The number of nitrogens with zero attached hydrogens (tertiary/aromatic N) is 2. The van der Waals surface area contributed by atoms with Crippen LogP contribution in [0.15, 0.2) is 0 Å². The molecular weight excluding hydrogens is 256 g/mol. The van der Waals surface area contributed by atoms with Crippen LogP contribution in [-0.2, 0) is 9.59 Å². The summed E-state index contributed by atoms with van der Waals surface area (Å²) in [6.45, 7) is 2.04. The molecule has 0 aromatic carbocycles. The molecule has 1 N–H and O–H groups in total. The molecule has 1 amide bonds. The van der Waals surface area contributed by atoms with Gasteiger partial charge in [-0.1, -0.05) is 19.3 Å². The summed E-state index contributed by atoms with van der Waals surface area (Å²) in [6, 6.07) is 0.411. The van der Waals surface area contributed by atoms with Gasteiger partial charge in [-0.3, -0.25) is 14.5 Å². The molecule has 2 aliphatic rings. The standard InChI is InChI=1S/C15H26N2O3/c1-16(13-5-3-2-4-6-13)14(18)11-17-8-7-12(10-17)9-15(19)20/h12-13H,2-11H2,1H3,(H,19,20). The first-order chi connectivity index (χ1) is 9.56. The summed E-state index contributed by atoms with van der Waals surface area (Å²) in [6.07, 6.45) is 7.13. The summed E-state index contributed by atoms with van der Waals surface area (Å²) in [4.78, 5) is 27.0. The Labute approximate surface area is 120 Å². The zero-order valence-electron chi connectivity index (χ0n) is 12.4. The Morgan fingerprint density at radius 1 is 1.20 bits per heavy atom. The summed E-state index contributed by atoms with van der Waals surface area (Å²) in [5.41, 5.74) is 0. The SMILES string of the molecule is CN(C(=O)CN1CCC(CC(=O)O)C1)C1CCCCC1. The van der Waals surface area contributed by atoms with Gasteiger partial charge in [0.2, 0.25) is 5.91 Å². The maximum Gasteiger partial charge on any atom is 0.303 e. The lowest BCUT2D eigenvalue weighted by Gasteiger charge is -2.32. The van der Waals surface area contributed by atoms with Gasteiger partial charge in [0.1, 0.15) is 0 Å². The van der Waals surface area contributed by atoms with E-state index in [1.807, 2.05) is 11.9 Å². The van der Waals surface area contributed by atoms with Gasteiger partial charge in [0.15, 0.2) is 0 Å². The van der Waals surface area contributed by atoms with Crippen molar-refractivity contribution >= 4 is 11.9 Å². The fourth-order valence-corrected chi connectivity index (χ4v) is 3.44. The Balaban J connectivity index is 1.75. The van der Waals surface area contributed by atoms with Gasteiger partial charge < -0.3 is 10.0 Å². The average Bonchev–Trinajstić information content (AvgIpc) is 2.85. The smallest absolute Gasteiger partial charge is 0.303 e. The van der Waals surface area contributed by atoms with Crippen LogP contribution in [0.25, 0.3) is 0 Å². The van der Waals surface area contributed by atoms with Crippen molar-refractivity contribution in [3.8, 4) is 0 Å². The molecule has 1 aliphatic carbocycles. The van der Waals surface area contributed by atoms with Gasteiger partial charge in [-0.2, -0.15) is 0 Å². The average molecular weight is 282 g/mol. The summed E-state index contributed by atoms with van der Waals surface area (Å²) in [5, 5.41) is 8.81. The molecule has 1 atom stereocenters. The largest absolute Gasteiger partial charge is 0.481 e. The third-order valence-corrected chi connectivity index (χ3v) is 4.71. The van der Waals surface area contributed by atoms with Gasteiger partial charge in [-0.15, -0.1) is 0 Å². The molecule has 20 heavy (non-hydrogen) atoms. The second-order valence-corrected chi connectivity index (χ2v) is 6.28. The van der Waals surface area contributed by atoms with Crippen LogP contribution in [0.4, 0.5) is 0 Å². The minimum Gasteiger partial charge on any atom is -0.481 e. The van der Waals surface area contributed by atoms with E-state index in [0.717, 1.165) is 32.4 Å². The molecule has 1 saturated carbocycles. The second kappa shape index (κ2) is 7.07. The van der Waals surface area contributed by atoms with Crippen LogP contribution in [0.2, 0.25) is 0 Å². The number of carboxylic acids is 1. The Kier molecular flexibility index (Phi) is 5.40. The summed E-state index contributed by atoms with van der Waals surface area (Å²) < 4.78 is 0. The number of carbonyl (C=O) groups excluding carboxylic acids is 1. The number of hydrogen-bond donors (Lipinski definition) is 1. The van der Waals surface area contributed by atoms with E-state index in [-0.39, 0.29) is 18.2 Å². The fraction of sp³-hybridized carbons (Fsp3) is 0.867. The van der Waals surface area contributed by atoms with Crippen LogP contribution >= 0.6 is 0 Å². The van der Waals surface area contributed by atoms with Gasteiger partial charge in [0.05, 0.1) is 6.54 Å². The lowest BCUT2D eigenvalue weighted by atomic mass is 9.94. The molecule has 1 heterocycles. The van der Waals surface area contributed by atoms with Crippen molar-refractivity contribution in [3.05, 3.63) is 0 Å². The van der Waals surface area contributed by atoms with Crippen molar-refractivity contribution in [3.63, 3.8) is 0 Å². The zero-order chi connectivity index (χ0) is 14.5. The zero-order valence-corrected chi connectivity index (χ0v) is 12.4. The normalized spacial score (nSPS) is 24.8. The number of amides is 1. The van der Waals surface area contributed by atoms with Crippen LogP contribution in [-0.4, -0.2) is 59.5 Å². The second-order valence-electron chi connectivity index (χ2n) is 6.28. The number of likely N-dealkylation sites (tertiary alicyclic amines) is 1. The van der Waals surface area contributed by atoms with Crippen molar-refractivity contribution in [2.24, 2.45) is 5.92 Å². The molecule has 0 aromatic heterocycles. The van der Waals surface area contributed by atoms with Crippen LogP contribution in [0.5, 0.6) is 0 Å². The Bertz CT molecular complexity index is 353. The molecule has 1 unspecified atom stereocenters. The molecule has 2 rings (SSSR count). The van der Waals surface area contributed by atoms with Crippen LogP contribution in [0, 0.1) is 5.92 Å². The van der Waals surface area contributed by atoms with Gasteiger partial charge in [-0.25, -0.2) is 0 Å². The molecule has 1 aliphatic heterocycles. The van der Waals surface area contributed by atoms with Gasteiger partial charge in [-0.05, 0) is 31.7 Å². The predicted octanol–water partition coefficient (Wildman–Crippen LogP) is 1.57. The fourth-order valence-electron chi connectivity index (χ4n) is 3.44. The highest BCUT2D eigenvalue weighted by molar-refractivity contribution is 5.78. The molecule has 5 nitrogen and oxygen atoms in total. The lowest BCUT2D eigenvalue weighted by molar-refractivity contribution is -0.138. The molecule has 114 valence electrons. The van der Waals surface area contributed by atoms with Crippen LogP contribution < -0.4 is 0 Å². The number of rotatable bonds is 5. The van der Waals surface area contributed by atoms with E-state index in [9.17, 15) is 9.59 Å². The molecule has 0 radical (unpaired) electrons. The maximum atomic E-state index is 12.3. The van der Waals surface area contributed by atoms with E-state index in [0.29, 0.717) is 12.6 Å². The first kappa shape index (κ1) is 15.3. The minimum atomic E-state index is -0.734. The molecule has 0 spiro atoms. The molecule has 2 fully saturated rings. The van der Waals surface area contributed by atoms with Gasteiger partial charge in [0.25, 0.3) is 0 Å². The van der Waals surface area contributed by atoms with Crippen molar-refractivity contribution in [2.75, 3.05) is 26.7 Å². The van der Waals surface area contributed by atoms with E-state index in [1.54, 1.807) is 0 Å². The van der Waals surface area contributed by atoms with Crippen molar-refractivity contribution in [1.29, 1.82) is 0 Å². The molecular formula is C15H26N2O3. The van der Waals surface area contributed by atoms with Crippen LogP contribution in [0.3, 0.4) is 0 Å². The highest BCUT2D eigenvalue weighted by atomic mass is 16.4. The highest BCUT2D eigenvalue weighted by Crippen LogP contribution is 2.23. The predicted molar refractivity (Wildman–Crippen MR) is 76.4 cm³/mol. The number of carboxylic acid groups (broad SMARTS) is 1. The Morgan fingerprint density at radius 3 is 2.55 bits per heavy atom. The van der Waals surface area contributed by atoms with Gasteiger partial charge >= 0.3 is 5.97 Å². The monoisotopic (exact) mass is 282 g/mol. The first-order valence-corrected chi connectivity index (χ1v) is 7.76. The van der Waals surface area contributed by atoms with E-state index < -0.39 is 5.97 Å². The third kappa shape index (κ3) is 4.20. The quantitative estimate of drug-likeness (QED) is 0.831. The number of likely N-dealkylation sites (N-methyl/N-ethyl adjacent to an activating group) is 1. The van der Waals surface area contributed by atoms with E-state index >= 15 is 0 Å². The minimum absolute atomic E-state index is 0.188. The molecule has 0 bridgehead atoms. The summed E-state index contributed by atoms with van der Waals surface area (Å²) >= 11 is 0.